The molecule has 0 aromatic heterocycles. The van der Waals surface area contributed by atoms with E-state index in [1.807, 2.05) is 6.92 Å². The van der Waals surface area contributed by atoms with Crippen LogP contribution in [0.25, 0.3) is 0 Å². The average Bonchev–Trinajstić information content (AvgIpc) is 3.14. The molecule has 0 radical (unpaired) electrons. The third-order valence-corrected chi connectivity index (χ3v) is 7.03. The molecule has 0 spiro atoms. The van der Waals surface area contributed by atoms with Crippen molar-refractivity contribution in [1.29, 1.82) is 0 Å². The minimum Gasteiger partial charge on any atom is -0.375 e. The minimum absolute atomic E-state index is 0.0363. The predicted molar refractivity (Wildman–Crippen MR) is 110 cm³/mol. The first kappa shape index (κ1) is 19.9. The van der Waals surface area contributed by atoms with Gasteiger partial charge in [-0.05, 0) is 50.1 Å². The van der Waals surface area contributed by atoms with E-state index in [0.29, 0.717) is 10.2 Å². The molecule has 0 aliphatic heterocycles. The summed E-state index contributed by atoms with van der Waals surface area (Å²) in [5, 5.41) is 5.99. The maximum Gasteiger partial charge on any atom is 0.239 e. The Morgan fingerprint density at radius 2 is 1.78 bits per heavy atom. The van der Waals surface area contributed by atoms with Crippen molar-refractivity contribution < 1.29 is 13.2 Å². The first-order valence-corrected chi connectivity index (χ1v) is 11.3. The second-order valence-electron chi connectivity index (χ2n) is 6.86. The number of nitrogens with one attached hydrogen (secondary N) is 2. The molecule has 0 atom stereocenters. The molecular formula is C20H23BrN2O3S. The number of halogens is 1. The van der Waals surface area contributed by atoms with Crippen LogP contribution in [0.5, 0.6) is 0 Å². The highest BCUT2D eigenvalue weighted by atomic mass is 79.9. The molecule has 2 aromatic rings. The largest absolute Gasteiger partial charge is 0.375 e. The van der Waals surface area contributed by atoms with Gasteiger partial charge >= 0.3 is 0 Å². The highest BCUT2D eigenvalue weighted by Crippen LogP contribution is 2.30. The fraction of sp³-hybridized carbons (Fsp3) is 0.350. The van der Waals surface area contributed by atoms with E-state index < -0.39 is 9.84 Å². The average molecular weight is 451 g/mol. The van der Waals surface area contributed by atoms with Crippen LogP contribution in [0.15, 0.2) is 56.7 Å². The molecule has 3 rings (SSSR count). The van der Waals surface area contributed by atoms with Crippen molar-refractivity contribution in [2.75, 3.05) is 11.9 Å². The maximum atomic E-state index is 13.1. The Balaban J connectivity index is 1.80. The van der Waals surface area contributed by atoms with Crippen LogP contribution in [0.2, 0.25) is 0 Å². The molecule has 1 amide bonds. The number of benzene rings is 2. The highest BCUT2D eigenvalue weighted by Gasteiger charge is 2.23. The van der Waals surface area contributed by atoms with E-state index in [4.69, 9.17) is 0 Å². The molecule has 27 heavy (non-hydrogen) atoms. The fourth-order valence-electron chi connectivity index (χ4n) is 3.23. The predicted octanol–water partition coefficient (Wildman–Crippen LogP) is 4.06. The van der Waals surface area contributed by atoms with Crippen molar-refractivity contribution in [2.24, 2.45) is 0 Å². The van der Waals surface area contributed by atoms with Crippen LogP contribution in [-0.2, 0) is 14.6 Å². The fourth-order valence-corrected chi connectivity index (χ4v) is 5.21. The molecule has 0 bridgehead atoms. The lowest BCUT2D eigenvalue weighted by atomic mass is 10.2. The van der Waals surface area contributed by atoms with Crippen molar-refractivity contribution in [3.05, 3.63) is 52.5 Å². The SMILES string of the molecule is Cc1ccc(S(=O)(=O)c2cc(Br)ccc2NCC(=O)NC2CCCC2)cc1. The topological polar surface area (TPSA) is 75.3 Å². The van der Waals surface area contributed by atoms with Crippen molar-refractivity contribution in [2.45, 2.75) is 48.4 Å². The van der Waals surface area contributed by atoms with Crippen LogP contribution in [0.4, 0.5) is 5.69 Å². The van der Waals surface area contributed by atoms with Crippen molar-refractivity contribution >= 4 is 37.4 Å². The lowest BCUT2D eigenvalue weighted by Gasteiger charge is -2.15. The quantitative estimate of drug-likeness (QED) is 0.695. The van der Waals surface area contributed by atoms with Gasteiger partial charge in [0.1, 0.15) is 0 Å². The van der Waals surface area contributed by atoms with Crippen LogP contribution < -0.4 is 10.6 Å². The van der Waals surface area contributed by atoms with Gasteiger partial charge in [-0.1, -0.05) is 46.5 Å². The summed E-state index contributed by atoms with van der Waals surface area (Å²) in [5.74, 6) is -0.122. The van der Waals surface area contributed by atoms with E-state index in [2.05, 4.69) is 26.6 Å². The van der Waals surface area contributed by atoms with Gasteiger partial charge in [0, 0.05) is 10.5 Å². The molecule has 1 saturated carbocycles. The number of sulfone groups is 1. The second-order valence-corrected chi connectivity index (χ2v) is 9.69. The summed E-state index contributed by atoms with van der Waals surface area (Å²) >= 11 is 3.34. The smallest absolute Gasteiger partial charge is 0.239 e. The molecular weight excluding hydrogens is 428 g/mol. The first-order chi connectivity index (χ1) is 12.9. The number of aryl methyl sites for hydroxylation is 1. The summed E-state index contributed by atoms with van der Waals surface area (Å²) in [7, 11) is -3.70. The summed E-state index contributed by atoms with van der Waals surface area (Å²) in [6.07, 6.45) is 4.31. The van der Waals surface area contributed by atoms with E-state index in [-0.39, 0.29) is 28.3 Å². The zero-order valence-electron chi connectivity index (χ0n) is 15.2. The Labute approximate surface area is 168 Å². The highest BCUT2D eigenvalue weighted by molar-refractivity contribution is 9.10. The minimum atomic E-state index is -3.70. The second kappa shape index (κ2) is 8.44. The Morgan fingerprint density at radius 1 is 1.11 bits per heavy atom. The van der Waals surface area contributed by atoms with Gasteiger partial charge in [0.05, 0.1) is 22.0 Å². The Kier molecular flexibility index (Phi) is 6.22. The van der Waals surface area contributed by atoms with Crippen molar-refractivity contribution in [3.63, 3.8) is 0 Å². The lowest BCUT2D eigenvalue weighted by Crippen LogP contribution is -2.36. The molecule has 0 unspecified atom stereocenters. The molecule has 7 heteroatoms. The number of hydrogen-bond donors (Lipinski definition) is 2. The Morgan fingerprint density at radius 3 is 2.44 bits per heavy atom. The van der Waals surface area contributed by atoms with Gasteiger partial charge in [0.15, 0.2) is 0 Å². The summed E-state index contributed by atoms with van der Waals surface area (Å²) in [5.41, 5.74) is 1.41. The van der Waals surface area contributed by atoms with Crippen LogP contribution in [0.1, 0.15) is 31.2 Å². The van der Waals surface area contributed by atoms with Crippen LogP contribution in [-0.4, -0.2) is 26.9 Å². The monoisotopic (exact) mass is 450 g/mol. The molecule has 1 fully saturated rings. The molecule has 144 valence electrons. The van der Waals surface area contributed by atoms with E-state index in [1.165, 1.54) is 0 Å². The Hall–Kier alpha value is -1.86. The number of hydrogen-bond acceptors (Lipinski definition) is 4. The number of rotatable bonds is 6. The summed E-state index contributed by atoms with van der Waals surface area (Å²) in [6, 6.07) is 12.0. The molecule has 0 saturated heterocycles. The molecule has 2 N–H and O–H groups in total. The normalized spacial score (nSPS) is 14.9. The molecule has 1 aliphatic carbocycles. The number of anilines is 1. The van der Waals surface area contributed by atoms with Gasteiger partial charge in [-0.3, -0.25) is 4.79 Å². The molecule has 2 aromatic carbocycles. The van der Waals surface area contributed by atoms with Crippen LogP contribution >= 0.6 is 15.9 Å². The van der Waals surface area contributed by atoms with Crippen molar-refractivity contribution in [1.82, 2.24) is 5.32 Å². The third-order valence-electron chi connectivity index (χ3n) is 4.72. The Bertz CT molecular complexity index is 921. The number of amides is 1. The van der Waals surface area contributed by atoms with Gasteiger partial charge in [-0.15, -0.1) is 0 Å². The van der Waals surface area contributed by atoms with Gasteiger partial charge in [0.2, 0.25) is 15.7 Å². The van der Waals surface area contributed by atoms with Gasteiger partial charge in [0.25, 0.3) is 0 Å². The lowest BCUT2D eigenvalue weighted by molar-refractivity contribution is -0.120. The van der Waals surface area contributed by atoms with E-state index in [0.717, 1.165) is 31.2 Å². The molecule has 1 aliphatic rings. The van der Waals surface area contributed by atoms with E-state index in [9.17, 15) is 13.2 Å². The van der Waals surface area contributed by atoms with E-state index >= 15 is 0 Å². The zero-order valence-corrected chi connectivity index (χ0v) is 17.6. The maximum absolute atomic E-state index is 13.1. The molecule has 5 nitrogen and oxygen atoms in total. The van der Waals surface area contributed by atoms with E-state index in [1.54, 1.807) is 42.5 Å². The van der Waals surface area contributed by atoms with Crippen molar-refractivity contribution in [3.8, 4) is 0 Å². The van der Waals surface area contributed by atoms with Crippen LogP contribution in [0, 0.1) is 6.92 Å². The number of carbonyl (C=O) groups excluding carboxylic acids is 1. The molecule has 0 heterocycles. The standard InChI is InChI=1S/C20H23BrN2O3S/c1-14-6-9-17(10-7-14)27(25,26)19-12-15(21)8-11-18(19)22-13-20(24)23-16-4-2-3-5-16/h6-12,16,22H,2-5,13H2,1H3,(H,23,24). The van der Waals surface area contributed by atoms with Gasteiger partial charge in [-0.25, -0.2) is 8.42 Å². The summed E-state index contributed by atoms with van der Waals surface area (Å²) in [4.78, 5) is 12.5. The van der Waals surface area contributed by atoms with Gasteiger partial charge in [-0.2, -0.15) is 0 Å². The third kappa shape index (κ3) is 4.90. The summed E-state index contributed by atoms with van der Waals surface area (Å²) in [6.45, 7) is 1.94. The zero-order chi connectivity index (χ0) is 19.4. The van der Waals surface area contributed by atoms with Gasteiger partial charge < -0.3 is 10.6 Å². The summed E-state index contributed by atoms with van der Waals surface area (Å²) < 4.78 is 26.8. The van der Waals surface area contributed by atoms with Crippen LogP contribution in [0.3, 0.4) is 0 Å². The number of carbonyl (C=O) groups is 1. The first-order valence-electron chi connectivity index (χ1n) is 9.01.